The Kier molecular flexibility index (Phi) is 38.4. The molecule has 0 aromatic carbocycles. The Labute approximate surface area is 467 Å². The van der Waals surface area contributed by atoms with Crippen molar-refractivity contribution in [3.63, 3.8) is 0 Å². The van der Waals surface area contributed by atoms with Crippen molar-refractivity contribution in [2.24, 2.45) is 5.92 Å². The van der Waals surface area contributed by atoms with Gasteiger partial charge in [0, 0.05) is 6.42 Å². The van der Waals surface area contributed by atoms with Crippen LogP contribution in [-0.4, -0.2) is 193 Å². The number of aliphatic hydroxyl groups excluding tert-OH is 11. The smallest absolute Gasteiger partial charge is 0.220 e. The van der Waals surface area contributed by atoms with Crippen molar-refractivity contribution in [1.82, 2.24) is 5.32 Å². The predicted octanol–water partition coefficient (Wildman–Crippen LogP) is 5.62. The molecular formula is C59H111NO18. The number of nitrogens with one attached hydrogen (secondary N) is 1. The van der Waals surface area contributed by atoms with Gasteiger partial charge in [-0.15, -0.1) is 0 Å². The van der Waals surface area contributed by atoms with Crippen LogP contribution in [0.2, 0.25) is 0 Å². The number of hydrogen-bond acceptors (Lipinski definition) is 18. The van der Waals surface area contributed by atoms with Crippen molar-refractivity contribution >= 4 is 5.91 Å². The van der Waals surface area contributed by atoms with Crippen LogP contribution in [0, 0.1) is 5.92 Å². The molecule has 460 valence electrons. The molecule has 3 saturated heterocycles. The largest absolute Gasteiger partial charge is 0.394 e. The minimum Gasteiger partial charge on any atom is -0.394 e. The summed E-state index contributed by atoms with van der Waals surface area (Å²) in [5, 5.41) is 119. The van der Waals surface area contributed by atoms with Gasteiger partial charge in [0.25, 0.3) is 0 Å². The lowest BCUT2D eigenvalue weighted by Gasteiger charge is -2.44. The first-order chi connectivity index (χ1) is 37.6. The molecule has 0 bridgehead atoms. The average molecular weight is 1120 g/mol. The second kappa shape index (κ2) is 42.4. The standard InChI is InChI=1S/C59H111NO18/c1-4-5-6-7-8-9-10-11-12-13-14-15-16-17-21-24-27-30-33-36-47(63)60-42(43(62)35-32-29-26-23-20-18-19-22-25-28-31-34-41(2)3)38-73-57-55(71)52(68)49(65)45(77-57)40-75-59-56(72)53(69)50(66)46(78-59)39-74-58-54(70)51(67)48(64)44(37-61)76-58/h32,35,41-46,48-59,61-62,64-72H,4-31,33-34,36-40H2,1-3H3,(H,60,63)/b35-32+/t42-,43+,44+,45+,46+,48-,49-,50-,51-,52-,53-,54+,55+,56+,57+,58-,59-/m0/s1. The van der Waals surface area contributed by atoms with Gasteiger partial charge in [-0.25, -0.2) is 0 Å². The van der Waals surface area contributed by atoms with Gasteiger partial charge in [-0.05, 0) is 25.2 Å². The summed E-state index contributed by atoms with van der Waals surface area (Å²) in [4.78, 5) is 13.3. The Hall–Kier alpha value is -1.47. The Morgan fingerprint density at radius 3 is 1.24 bits per heavy atom. The average Bonchev–Trinajstić information content (AvgIpc) is 3.43. The van der Waals surface area contributed by atoms with Gasteiger partial charge in [-0.3, -0.25) is 4.79 Å². The highest BCUT2D eigenvalue weighted by atomic mass is 16.7. The number of unbranched alkanes of at least 4 members (excludes halogenated alkanes) is 27. The zero-order valence-corrected chi connectivity index (χ0v) is 48.1. The highest BCUT2D eigenvalue weighted by Gasteiger charge is 2.49. The molecule has 0 aromatic rings. The summed E-state index contributed by atoms with van der Waals surface area (Å²) in [6.07, 6.45) is 14.2. The van der Waals surface area contributed by atoms with Gasteiger partial charge in [-0.2, -0.15) is 0 Å². The van der Waals surface area contributed by atoms with Crippen LogP contribution in [-0.2, 0) is 33.2 Å². The topological polar surface area (TPSA) is 307 Å². The van der Waals surface area contributed by atoms with E-state index in [1.165, 1.54) is 141 Å². The molecule has 17 atom stereocenters. The minimum absolute atomic E-state index is 0.248. The lowest BCUT2D eigenvalue weighted by Crippen LogP contribution is -2.63. The SMILES string of the molecule is CCCCCCCCCCCCCCCCCCCCCC(=O)N[C@@H](CO[C@@H]1O[C@H](CO[C@H]2O[C@H](CO[C@H]3O[C@H](CO)[C@H](O)[C@H](O)[C@H]3O)[C@H](O)[C@H](O)[C@H]2O)[C@H](O)[C@H](O)[C@H]1O)[C@H](O)/C=C/CCCCCCCCCCCC(C)C. The Balaban J connectivity index is 1.48. The van der Waals surface area contributed by atoms with E-state index in [4.69, 9.17) is 28.4 Å². The van der Waals surface area contributed by atoms with E-state index in [1.807, 2.05) is 6.08 Å². The number of hydrogen-bond donors (Lipinski definition) is 12. The Morgan fingerprint density at radius 1 is 0.474 bits per heavy atom. The van der Waals surface area contributed by atoms with Gasteiger partial charge in [0.15, 0.2) is 18.9 Å². The van der Waals surface area contributed by atoms with E-state index >= 15 is 0 Å². The molecule has 0 aliphatic carbocycles. The van der Waals surface area contributed by atoms with E-state index in [9.17, 15) is 61.0 Å². The molecular weight excluding hydrogens is 1010 g/mol. The van der Waals surface area contributed by atoms with Crippen molar-refractivity contribution in [3.8, 4) is 0 Å². The first-order valence-electron chi connectivity index (χ1n) is 30.8. The van der Waals surface area contributed by atoms with Crippen molar-refractivity contribution < 1.29 is 89.4 Å². The molecule has 3 aliphatic rings. The van der Waals surface area contributed by atoms with E-state index < -0.39 is 124 Å². The highest BCUT2D eigenvalue weighted by Crippen LogP contribution is 2.29. The zero-order chi connectivity index (χ0) is 57.1. The summed E-state index contributed by atoms with van der Waals surface area (Å²) < 4.78 is 33.9. The van der Waals surface area contributed by atoms with Crippen molar-refractivity contribution in [2.75, 3.05) is 26.4 Å². The van der Waals surface area contributed by atoms with Gasteiger partial charge in [0.1, 0.15) is 73.2 Å². The number of ether oxygens (including phenoxy) is 6. The summed E-state index contributed by atoms with van der Waals surface area (Å²) >= 11 is 0. The summed E-state index contributed by atoms with van der Waals surface area (Å²) in [5.41, 5.74) is 0. The monoisotopic (exact) mass is 1120 g/mol. The zero-order valence-electron chi connectivity index (χ0n) is 48.1. The van der Waals surface area contributed by atoms with Crippen LogP contribution < -0.4 is 5.32 Å². The molecule has 3 aliphatic heterocycles. The number of amides is 1. The third-order valence-corrected chi connectivity index (χ3v) is 15.7. The molecule has 0 aromatic heterocycles. The molecule has 3 heterocycles. The van der Waals surface area contributed by atoms with Crippen molar-refractivity contribution in [3.05, 3.63) is 12.2 Å². The van der Waals surface area contributed by atoms with E-state index in [0.717, 1.165) is 50.9 Å². The fraction of sp³-hybridized carbons (Fsp3) is 0.949. The van der Waals surface area contributed by atoms with Gasteiger partial charge >= 0.3 is 0 Å². The lowest BCUT2D eigenvalue weighted by molar-refractivity contribution is -0.342. The fourth-order valence-electron chi connectivity index (χ4n) is 10.5. The quantitative estimate of drug-likeness (QED) is 0.0260. The van der Waals surface area contributed by atoms with Gasteiger partial charge in [0.05, 0.1) is 38.6 Å². The number of allylic oxidation sites excluding steroid dienone is 1. The number of aliphatic hydroxyl groups is 11. The van der Waals surface area contributed by atoms with Crippen molar-refractivity contribution in [1.29, 1.82) is 0 Å². The van der Waals surface area contributed by atoms with Crippen molar-refractivity contribution in [2.45, 2.75) is 324 Å². The normalized spacial score (nSPS) is 30.6. The maximum atomic E-state index is 13.3. The summed E-state index contributed by atoms with van der Waals surface area (Å²) in [5.74, 6) is 0.489. The molecule has 0 saturated carbocycles. The molecule has 1 amide bonds. The second-order valence-electron chi connectivity index (χ2n) is 23.1. The van der Waals surface area contributed by atoms with Crippen LogP contribution in [0.25, 0.3) is 0 Å². The third kappa shape index (κ3) is 27.7. The molecule has 78 heavy (non-hydrogen) atoms. The van der Waals surface area contributed by atoms with Crippen LogP contribution in [0.15, 0.2) is 12.2 Å². The maximum Gasteiger partial charge on any atom is 0.220 e. The molecule has 0 spiro atoms. The molecule has 3 fully saturated rings. The fourth-order valence-corrected chi connectivity index (χ4v) is 10.5. The van der Waals surface area contributed by atoms with Crippen LogP contribution in [0.5, 0.6) is 0 Å². The number of carbonyl (C=O) groups excluding carboxylic acids is 1. The maximum absolute atomic E-state index is 13.3. The predicted molar refractivity (Wildman–Crippen MR) is 296 cm³/mol. The minimum atomic E-state index is -1.85. The van der Waals surface area contributed by atoms with Gasteiger partial charge < -0.3 is 89.9 Å². The number of rotatable bonds is 45. The van der Waals surface area contributed by atoms with Gasteiger partial charge in [-0.1, -0.05) is 206 Å². The Morgan fingerprint density at radius 2 is 0.833 bits per heavy atom. The van der Waals surface area contributed by atoms with Crippen LogP contribution in [0.4, 0.5) is 0 Å². The third-order valence-electron chi connectivity index (χ3n) is 15.7. The first kappa shape index (κ1) is 70.8. The van der Waals surface area contributed by atoms with E-state index in [-0.39, 0.29) is 18.9 Å². The van der Waals surface area contributed by atoms with Gasteiger partial charge in [0.2, 0.25) is 5.91 Å². The molecule has 12 N–H and O–H groups in total. The molecule has 3 rings (SSSR count). The van der Waals surface area contributed by atoms with Crippen LogP contribution >= 0.6 is 0 Å². The van der Waals surface area contributed by atoms with E-state index in [0.29, 0.717) is 6.42 Å². The van der Waals surface area contributed by atoms with Crippen LogP contribution in [0.1, 0.15) is 220 Å². The summed E-state index contributed by atoms with van der Waals surface area (Å²) in [6, 6.07) is -0.968. The summed E-state index contributed by atoms with van der Waals surface area (Å²) in [7, 11) is 0. The Bertz CT molecular complexity index is 1500. The summed E-state index contributed by atoms with van der Waals surface area (Å²) in [6.45, 7) is 4.52. The molecule has 0 radical (unpaired) electrons. The first-order valence-corrected chi connectivity index (χ1v) is 30.8. The second-order valence-corrected chi connectivity index (χ2v) is 23.1. The van der Waals surface area contributed by atoms with Crippen LogP contribution in [0.3, 0.4) is 0 Å². The molecule has 19 heteroatoms. The number of carbonyl (C=O) groups is 1. The van der Waals surface area contributed by atoms with E-state index in [2.05, 4.69) is 26.1 Å². The van der Waals surface area contributed by atoms with E-state index in [1.54, 1.807) is 6.08 Å². The highest BCUT2D eigenvalue weighted by molar-refractivity contribution is 5.76. The molecule has 0 unspecified atom stereocenters. The lowest BCUT2D eigenvalue weighted by atomic mass is 9.98. The molecule has 19 nitrogen and oxygen atoms in total.